The van der Waals surface area contributed by atoms with Crippen LogP contribution < -0.4 is 5.32 Å². The highest BCUT2D eigenvalue weighted by Crippen LogP contribution is 2.26. The van der Waals surface area contributed by atoms with E-state index in [1.807, 2.05) is 23.9 Å². The summed E-state index contributed by atoms with van der Waals surface area (Å²) in [4.78, 5) is 1.32. The minimum Gasteiger partial charge on any atom is -0.309 e. The Hall–Kier alpha value is -0.960. The molecule has 0 saturated heterocycles. The summed E-state index contributed by atoms with van der Waals surface area (Å²) in [5, 5.41) is 4.42. The molecule has 2 aromatic rings. The number of hydrogen-bond acceptors (Lipinski definition) is 2. The second kappa shape index (κ2) is 8.47. The van der Waals surface area contributed by atoms with Crippen LogP contribution in [0.2, 0.25) is 5.02 Å². The molecule has 1 N–H and O–H groups in total. The first-order chi connectivity index (χ1) is 10.2. The predicted octanol–water partition coefficient (Wildman–Crippen LogP) is 5.48. The highest BCUT2D eigenvalue weighted by Gasteiger charge is 2.11. The van der Waals surface area contributed by atoms with E-state index in [9.17, 15) is 0 Å². The van der Waals surface area contributed by atoms with Gasteiger partial charge in [0.25, 0.3) is 0 Å². The molecule has 112 valence electrons. The van der Waals surface area contributed by atoms with Crippen LogP contribution in [-0.2, 0) is 0 Å². The lowest BCUT2D eigenvalue weighted by molar-refractivity contribution is 0.577. The summed E-state index contributed by atoms with van der Waals surface area (Å²) in [6, 6.07) is 17.1. The number of rotatable bonds is 7. The van der Waals surface area contributed by atoms with Crippen LogP contribution in [0.25, 0.3) is 0 Å². The van der Waals surface area contributed by atoms with Crippen LogP contribution in [-0.4, -0.2) is 12.3 Å². The molecule has 0 aliphatic carbocycles. The molecule has 21 heavy (non-hydrogen) atoms. The summed E-state index contributed by atoms with van der Waals surface area (Å²) in [6.45, 7) is 5.34. The fourth-order valence-corrected chi connectivity index (χ4v) is 3.51. The van der Waals surface area contributed by atoms with Crippen molar-refractivity contribution in [3.63, 3.8) is 0 Å². The molecular weight excluding hydrogens is 298 g/mol. The molecule has 0 heterocycles. The molecule has 0 radical (unpaired) electrons. The number of halogens is 1. The van der Waals surface area contributed by atoms with Crippen molar-refractivity contribution in [2.75, 3.05) is 12.3 Å². The lowest BCUT2D eigenvalue weighted by Gasteiger charge is -2.19. The smallest absolute Gasteiger partial charge is 0.0415 e. The zero-order valence-electron chi connectivity index (χ0n) is 12.6. The lowest BCUT2D eigenvalue weighted by Crippen LogP contribution is -2.24. The zero-order chi connectivity index (χ0) is 15.1. The van der Waals surface area contributed by atoms with Gasteiger partial charge in [0.15, 0.2) is 0 Å². The summed E-state index contributed by atoms with van der Waals surface area (Å²) in [6.07, 6.45) is 1.13. The second-order valence-electron chi connectivity index (χ2n) is 5.19. The normalized spacial score (nSPS) is 12.3. The van der Waals surface area contributed by atoms with E-state index in [1.165, 1.54) is 16.0 Å². The van der Waals surface area contributed by atoms with E-state index in [4.69, 9.17) is 11.6 Å². The SMILES string of the molecule is CCCNC(CSc1cccc(C)c1)c1cccc(Cl)c1. The van der Waals surface area contributed by atoms with Crippen molar-refractivity contribution < 1.29 is 0 Å². The van der Waals surface area contributed by atoms with Crippen LogP contribution in [0.15, 0.2) is 53.4 Å². The maximum Gasteiger partial charge on any atom is 0.0415 e. The van der Waals surface area contributed by atoms with Crippen LogP contribution in [0.1, 0.15) is 30.5 Å². The third-order valence-electron chi connectivity index (χ3n) is 3.30. The Morgan fingerprint density at radius 3 is 2.67 bits per heavy atom. The third-order valence-corrected chi connectivity index (χ3v) is 4.62. The fraction of sp³-hybridized carbons (Fsp3) is 0.333. The van der Waals surface area contributed by atoms with Crippen LogP contribution in [0.5, 0.6) is 0 Å². The number of thioether (sulfide) groups is 1. The van der Waals surface area contributed by atoms with Crippen LogP contribution >= 0.6 is 23.4 Å². The van der Waals surface area contributed by atoms with Gasteiger partial charge < -0.3 is 5.32 Å². The Bertz CT molecular complexity index is 571. The molecule has 2 rings (SSSR count). The maximum atomic E-state index is 6.13. The van der Waals surface area contributed by atoms with Crippen molar-refractivity contribution in [2.45, 2.75) is 31.2 Å². The molecule has 1 unspecified atom stereocenters. The molecule has 2 aromatic carbocycles. The van der Waals surface area contributed by atoms with Crippen molar-refractivity contribution >= 4 is 23.4 Å². The Balaban J connectivity index is 2.06. The Morgan fingerprint density at radius 2 is 1.95 bits per heavy atom. The highest BCUT2D eigenvalue weighted by molar-refractivity contribution is 7.99. The van der Waals surface area contributed by atoms with Crippen LogP contribution in [0, 0.1) is 6.92 Å². The molecule has 1 nitrogen and oxygen atoms in total. The molecule has 1 atom stereocenters. The number of nitrogens with one attached hydrogen (secondary N) is 1. The lowest BCUT2D eigenvalue weighted by atomic mass is 10.1. The van der Waals surface area contributed by atoms with Gasteiger partial charge in [-0.15, -0.1) is 11.8 Å². The van der Waals surface area contributed by atoms with E-state index in [0.717, 1.165) is 23.7 Å². The summed E-state index contributed by atoms with van der Waals surface area (Å²) in [7, 11) is 0. The third kappa shape index (κ3) is 5.39. The molecule has 0 aromatic heterocycles. The molecule has 3 heteroatoms. The van der Waals surface area contributed by atoms with Gasteiger partial charge in [0.1, 0.15) is 0 Å². The molecular formula is C18H22ClNS. The molecule has 0 bridgehead atoms. The van der Waals surface area contributed by atoms with E-state index in [1.54, 1.807) is 0 Å². The topological polar surface area (TPSA) is 12.0 Å². The van der Waals surface area contributed by atoms with E-state index in [2.05, 4.69) is 55.6 Å². The van der Waals surface area contributed by atoms with Gasteiger partial charge in [-0.05, 0) is 49.7 Å². The monoisotopic (exact) mass is 319 g/mol. The van der Waals surface area contributed by atoms with Gasteiger partial charge in [0.05, 0.1) is 0 Å². The Labute approximate surface area is 137 Å². The maximum absolute atomic E-state index is 6.13. The van der Waals surface area contributed by atoms with E-state index >= 15 is 0 Å². The van der Waals surface area contributed by atoms with Crippen molar-refractivity contribution in [2.24, 2.45) is 0 Å². The quantitative estimate of drug-likeness (QED) is 0.678. The predicted molar refractivity (Wildman–Crippen MR) is 94.4 cm³/mol. The Morgan fingerprint density at radius 1 is 1.14 bits per heavy atom. The summed E-state index contributed by atoms with van der Waals surface area (Å²) < 4.78 is 0. The van der Waals surface area contributed by atoms with Crippen molar-refractivity contribution in [1.29, 1.82) is 0 Å². The molecule has 0 spiro atoms. The van der Waals surface area contributed by atoms with Crippen molar-refractivity contribution in [1.82, 2.24) is 5.32 Å². The summed E-state index contributed by atoms with van der Waals surface area (Å²) in [5.41, 5.74) is 2.57. The Kier molecular flexibility index (Phi) is 6.62. The van der Waals surface area contributed by atoms with Gasteiger partial charge in [0, 0.05) is 21.7 Å². The second-order valence-corrected chi connectivity index (χ2v) is 6.72. The first-order valence-electron chi connectivity index (χ1n) is 7.37. The van der Waals surface area contributed by atoms with Crippen LogP contribution in [0.4, 0.5) is 0 Å². The van der Waals surface area contributed by atoms with Gasteiger partial charge >= 0.3 is 0 Å². The van der Waals surface area contributed by atoms with Crippen LogP contribution in [0.3, 0.4) is 0 Å². The van der Waals surface area contributed by atoms with E-state index < -0.39 is 0 Å². The molecule has 0 aliphatic rings. The number of benzene rings is 2. The zero-order valence-corrected chi connectivity index (χ0v) is 14.2. The first kappa shape index (κ1) is 16.4. The van der Waals surface area contributed by atoms with E-state index in [0.29, 0.717) is 6.04 Å². The van der Waals surface area contributed by atoms with Crippen molar-refractivity contribution in [3.8, 4) is 0 Å². The summed E-state index contributed by atoms with van der Waals surface area (Å²) >= 11 is 8.01. The van der Waals surface area contributed by atoms with Gasteiger partial charge in [-0.2, -0.15) is 0 Å². The minimum atomic E-state index is 0.328. The average Bonchev–Trinajstić information content (AvgIpc) is 2.47. The first-order valence-corrected chi connectivity index (χ1v) is 8.73. The fourth-order valence-electron chi connectivity index (χ4n) is 2.20. The average molecular weight is 320 g/mol. The molecule has 0 fully saturated rings. The number of hydrogen-bond donors (Lipinski definition) is 1. The molecule has 0 aliphatic heterocycles. The van der Waals surface area contributed by atoms with Gasteiger partial charge in [-0.3, -0.25) is 0 Å². The minimum absolute atomic E-state index is 0.328. The molecule has 0 saturated carbocycles. The van der Waals surface area contributed by atoms with E-state index in [-0.39, 0.29) is 0 Å². The van der Waals surface area contributed by atoms with Crippen molar-refractivity contribution in [3.05, 3.63) is 64.7 Å². The van der Waals surface area contributed by atoms with Gasteiger partial charge in [0.2, 0.25) is 0 Å². The number of aryl methyl sites for hydroxylation is 1. The highest BCUT2D eigenvalue weighted by atomic mass is 35.5. The van der Waals surface area contributed by atoms with Gasteiger partial charge in [-0.25, -0.2) is 0 Å². The molecule has 0 amide bonds. The standard InChI is InChI=1S/C18H22ClNS/c1-3-10-20-18(15-7-5-8-16(19)12-15)13-21-17-9-4-6-14(2)11-17/h4-9,11-12,18,20H,3,10,13H2,1-2H3. The summed E-state index contributed by atoms with van der Waals surface area (Å²) in [5.74, 6) is 1.00. The van der Waals surface area contributed by atoms with Gasteiger partial charge in [-0.1, -0.05) is 48.4 Å². The largest absolute Gasteiger partial charge is 0.309 e.